The molecular formula is C24H15BrF2N2O4. The maximum absolute atomic E-state index is 13.6. The molecule has 1 fully saturated rings. The molecule has 1 aliphatic rings. The number of anilines is 1. The lowest BCUT2D eigenvalue weighted by molar-refractivity contribution is -0.122. The Labute approximate surface area is 195 Å². The van der Waals surface area contributed by atoms with Crippen LogP contribution in [0, 0.1) is 11.6 Å². The molecule has 166 valence electrons. The Hall–Kier alpha value is -3.85. The van der Waals surface area contributed by atoms with E-state index in [9.17, 15) is 23.2 Å². The molecule has 0 atom stereocenters. The molecule has 0 aromatic heterocycles. The fraction of sp³-hybridized carbons (Fsp3) is 0.0417. The van der Waals surface area contributed by atoms with Crippen LogP contribution in [0.2, 0.25) is 0 Å². The Kier molecular flexibility index (Phi) is 6.32. The Morgan fingerprint density at radius 1 is 0.939 bits per heavy atom. The van der Waals surface area contributed by atoms with E-state index in [-0.39, 0.29) is 17.9 Å². The summed E-state index contributed by atoms with van der Waals surface area (Å²) in [5, 5.41) is 2.09. The zero-order valence-electron chi connectivity index (χ0n) is 16.8. The summed E-state index contributed by atoms with van der Waals surface area (Å²) in [7, 11) is 0. The topological polar surface area (TPSA) is 75.7 Å². The minimum Gasteiger partial charge on any atom is -0.488 e. The summed E-state index contributed by atoms with van der Waals surface area (Å²) in [4.78, 5) is 38.5. The molecule has 1 heterocycles. The van der Waals surface area contributed by atoms with Crippen LogP contribution < -0.4 is 15.0 Å². The van der Waals surface area contributed by atoms with Crippen LogP contribution in [0.3, 0.4) is 0 Å². The SMILES string of the molecule is O=C1NC(=O)N(c2cccc(F)c2)C(=O)/C1=C/c1cc(Br)ccc1OCc1cccc(F)c1. The maximum Gasteiger partial charge on any atom is 0.335 e. The van der Waals surface area contributed by atoms with Crippen LogP contribution in [0.15, 0.2) is 76.8 Å². The summed E-state index contributed by atoms with van der Waals surface area (Å²) >= 11 is 3.34. The second-order valence-electron chi connectivity index (χ2n) is 7.04. The van der Waals surface area contributed by atoms with E-state index in [4.69, 9.17) is 4.74 Å². The lowest BCUT2D eigenvalue weighted by Gasteiger charge is -2.26. The number of amides is 4. The highest BCUT2D eigenvalue weighted by Gasteiger charge is 2.37. The van der Waals surface area contributed by atoms with Gasteiger partial charge in [-0.2, -0.15) is 0 Å². The lowest BCUT2D eigenvalue weighted by atomic mass is 10.1. The third kappa shape index (κ3) is 4.98. The van der Waals surface area contributed by atoms with Crippen LogP contribution in [0.5, 0.6) is 5.75 Å². The third-order valence-electron chi connectivity index (χ3n) is 4.72. The van der Waals surface area contributed by atoms with E-state index in [1.165, 1.54) is 36.4 Å². The number of rotatable bonds is 5. The molecule has 0 radical (unpaired) electrons. The van der Waals surface area contributed by atoms with Crippen molar-refractivity contribution in [2.75, 3.05) is 4.90 Å². The van der Waals surface area contributed by atoms with Crippen molar-refractivity contribution in [1.29, 1.82) is 0 Å². The Morgan fingerprint density at radius 3 is 2.39 bits per heavy atom. The summed E-state index contributed by atoms with van der Waals surface area (Å²) in [6.07, 6.45) is 1.28. The largest absolute Gasteiger partial charge is 0.488 e. The van der Waals surface area contributed by atoms with Crippen LogP contribution in [-0.4, -0.2) is 17.8 Å². The van der Waals surface area contributed by atoms with E-state index < -0.39 is 29.5 Å². The van der Waals surface area contributed by atoms with Crippen LogP contribution in [0.25, 0.3) is 6.08 Å². The highest BCUT2D eigenvalue weighted by molar-refractivity contribution is 9.10. The van der Waals surface area contributed by atoms with Crippen molar-refractivity contribution < 1.29 is 27.9 Å². The number of urea groups is 1. The molecular weight excluding hydrogens is 498 g/mol. The summed E-state index contributed by atoms with van der Waals surface area (Å²) in [5.41, 5.74) is 0.596. The molecule has 0 unspecified atom stereocenters. The van der Waals surface area contributed by atoms with Crippen molar-refractivity contribution in [1.82, 2.24) is 5.32 Å². The highest BCUT2D eigenvalue weighted by Crippen LogP contribution is 2.29. The summed E-state index contributed by atoms with van der Waals surface area (Å²) < 4.78 is 33.5. The Morgan fingerprint density at radius 2 is 1.67 bits per heavy atom. The zero-order valence-corrected chi connectivity index (χ0v) is 18.4. The molecule has 1 N–H and O–H groups in total. The fourth-order valence-corrected chi connectivity index (χ4v) is 3.59. The standard InChI is InChI=1S/C24H15BrF2N2O4/c25-16-7-8-21(33-13-14-3-1-4-17(26)9-14)15(10-16)11-20-22(30)28-24(32)29(23(20)31)19-6-2-5-18(27)12-19/h1-12H,13H2,(H,28,30,32)/b20-11+. The molecule has 0 spiro atoms. The highest BCUT2D eigenvalue weighted by atomic mass is 79.9. The van der Waals surface area contributed by atoms with Gasteiger partial charge in [-0.25, -0.2) is 18.5 Å². The number of imide groups is 2. The van der Waals surface area contributed by atoms with Crippen LogP contribution in [-0.2, 0) is 16.2 Å². The molecule has 1 aliphatic heterocycles. The number of hydrogen-bond donors (Lipinski definition) is 1. The first kappa shape index (κ1) is 22.3. The first-order valence-electron chi connectivity index (χ1n) is 9.65. The van der Waals surface area contributed by atoms with Crippen molar-refractivity contribution in [2.45, 2.75) is 6.61 Å². The first-order chi connectivity index (χ1) is 15.8. The first-order valence-corrected chi connectivity index (χ1v) is 10.4. The quantitative estimate of drug-likeness (QED) is 0.386. The molecule has 4 amide bonds. The minimum atomic E-state index is -0.982. The smallest absolute Gasteiger partial charge is 0.335 e. The molecule has 33 heavy (non-hydrogen) atoms. The normalized spacial score (nSPS) is 15.1. The molecule has 4 rings (SSSR count). The second kappa shape index (κ2) is 9.33. The van der Waals surface area contributed by atoms with Gasteiger partial charge in [-0.3, -0.25) is 14.9 Å². The Bertz CT molecular complexity index is 1310. The molecule has 3 aromatic carbocycles. The fourth-order valence-electron chi connectivity index (χ4n) is 3.21. The number of nitrogens with zero attached hydrogens (tertiary/aromatic N) is 1. The number of hydrogen-bond acceptors (Lipinski definition) is 4. The number of benzene rings is 3. The predicted molar refractivity (Wildman–Crippen MR) is 120 cm³/mol. The van der Waals surface area contributed by atoms with Crippen LogP contribution in [0.4, 0.5) is 19.3 Å². The van der Waals surface area contributed by atoms with Crippen molar-refractivity contribution in [3.8, 4) is 5.75 Å². The molecule has 3 aromatic rings. The van der Waals surface area contributed by atoms with Gasteiger partial charge in [-0.05, 0) is 60.2 Å². The van der Waals surface area contributed by atoms with Crippen LogP contribution >= 0.6 is 15.9 Å². The zero-order chi connectivity index (χ0) is 23.5. The molecule has 9 heteroatoms. The maximum atomic E-state index is 13.6. The van der Waals surface area contributed by atoms with Crippen molar-refractivity contribution in [3.63, 3.8) is 0 Å². The van der Waals surface area contributed by atoms with Gasteiger partial charge in [0.1, 0.15) is 29.6 Å². The van der Waals surface area contributed by atoms with Gasteiger partial charge in [0.05, 0.1) is 5.69 Å². The number of barbiturate groups is 1. The second-order valence-corrected chi connectivity index (χ2v) is 7.95. The lowest BCUT2D eigenvalue weighted by Crippen LogP contribution is -2.54. The number of nitrogens with one attached hydrogen (secondary N) is 1. The van der Waals surface area contributed by atoms with E-state index >= 15 is 0 Å². The van der Waals surface area contributed by atoms with E-state index in [0.29, 0.717) is 26.2 Å². The molecule has 1 saturated heterocycles. The van der Waals surface area contributed by atoms with Gasteiger partial charge >= 0.3 is 6.03 Å². The van der Waals surface area contributed by atoms with Crippen molar-refractivity contribution in [2.24, 2.45) is 0 Å². The predicted octanol–water partition coefficient (Wildman–Crippen LogP) is 4.97. The van der Waals surface area contributed by atoms with Gasteiger partial charge in [-0.1, -0.05) is 34.1 Å². The van der Waals surface area contributed by atoms with Crippen molar-refractivity contribution >= 4 is 45.5 Å². The summed E-state index contributed by atoms with van der Waals surface area (Å²) in [6.45, 7) is 0.0452. The minimum absolute atomic E-state index is 0.0206. The Balaban J connectivity index is 1.68. The molecule has 0 saturated carbocycles. The number of halogens is 3. The van der Waals surface area contributed by atoms with Gasteiger partial charge in [0.15, 0.2) is 0 Å². The number of carbonyl (C=O) groups excluding carboxylic acids is 3. The monoisotopic (exact) mass is 512 g/mol. The van der Waals surface area contributed by atoms with E-state index in [0.717, 1.165) is 6.07 Å². The van der Waals surface area contributed by atoms with Gasteiger partial charge in [0, 0.05) is 10.0 Å². The summed E-state index contributed by atoms with van der Waals surface area (Å²) in [5.74, 6) is -2.53. The molecule has 0 bridgehead atoms. The summed E-state index contributed by atoms with van der Waals surface area (Å²) in [6, 6.07) is 14.8. The van der Waals surface area contributed by atoms with Crippen molar-refractivity contribution in [3.05, 3.63) is 99.5 Å². The number of ether oxygens (including phenoxy) is 1. The average molecular weight is 513 g/mol. The van der Waals surface area contributed by atoms with Gasteiger partial charge in [-0.15, -0.1) is 0 Å². The molecule has 0 aliphatic carbocycles. The average Bonchev–Trinajstić information content (AvgIpc) is 2.76. The van der Waals surface area contributed by atoms with Gasteiger partial charge in [0.2, 0.25) is 0 Å². The van der Waals surface area contributed by atoms with Crippen LogP contribution in [0.1, 0.15) is 11.1 Å². The van der Waals surface area contributed by atoms with E-state index in [1.807, 2.05) is 0 Å². The van der Waals surface area contributed by atoms with Gasteiger partial charge in [0.25, 0.3) is 11.8 Å². The third-order valence-corrected chi connectivity index (χ3v) is 5.22. The number of carbonyl (C=O) groups is 3. The van der Waals surface area contributed by atoms with Gasteiger partial charge < -0.3 is 4.74 Å². The van der Waals surface area contributed by atoms with E-state index in [1.54, 1.807) is 30.3 Å². The van der Waals surface area contributed by atoms with E-state index in [2.05, 4.69) is 21.2 Å². The molecule has 6 nitrogen and oxygen atoms in total.